The first-order valence-corrected chi connectivity index (χ1v) is 10.00. The van der Waals surface area contributed by atoms with Crippen LogP contribution in [0, 0.1) is 11.7 Å². The zero-order chi connectivity index (χ0) is 19.4. The molecule has 0 heterocycles. The van der Waals surface area contributed by atoms with E-state index in [4.69, 9.17) is 14.2 Å². The number of hydrogen-bond donors (Lipinski definition) is 0. The van der Waals surface area contributed by atoms with Gasteiger partial charge in [-0.15, -0.1) is 0 Å². The van der Waals surface area contributed by atoms with Crippen molar-refractivity contribution < 1.29 is 18.6 Å². The normalized spacial score (nSPS) is 13.3. The maximum absolute atomic E-state index is 13.6. The Hall–Kier alpha value is -0.970. The highest BCUT2D eigenvalue weighted by atomic mass is 19.1. The van der Waals surface area contributed by atoms with E-state index in [1.54, 1.807) is 26.4 Å². The topological polar surface area (TPSA) is 27.7 Å². The molecule has 0 saturated heterocycles. The molecule has 0 amide bonds. The number of benzene rings is 1. The van der Waals surface area contributed by atoms with Gasteiger partial charge >= 0.3 is 0 Å². The van der Waals surface area contributed by atoms with E-state index in [1.807, 2.05) is 19.9 Å². The standard InChI is InChI=1S/C22H37FO3/c1-6-7-8-9-10-11-14-20(16-19-13-12-15-21(23)17-19)22(24-4,25-5)26-18(2)3/h12-13,15,17-18,20H,6-11,14,16H2,1-5H3. The smallest absolute Gasteiger partial charge is 0.285 e. The molecule has 0 fully saturated rings. The van der Waals surface area contributed by atoms with Crippen molar-refractivity contribution in [3.05, 3.63) is 35.6 Å². The molecule has 0 aromatic heterocycles. The van der Waals surface area contributed by atoms with E-state index in [1.165, 1.54) is 38.2 Å². The van der Waals surface area contributed by atoms with Gasteiger partial charge in [0.25, 0.3) is 5.97 Å². The fourth-order valence-electron chi connectivity index (χ4n) is 3.46. The van der Waals surface area contributed by atoms with Crippen LogP contribution < -0.4 is 0 Å². The molecule has 0 radical (unpaired) electrons. The van der Waals surface area contributed by atoms with Crippen molar-refractivity contribution in [3.8, 4) is 0 Å². The average Bonchev–Trinajstić information content (AvgIpc) is 2.61. The lowest BCUT2D eigenvalue weighted by atomic mass is 9.90. The molecule has 1 rings (SSSR count). The molecule has 1 aromatic carbocycles. The molecule has 0 bridgehead atoms. The van der Waals surface area contributed by atoms with Crippen LogP contribution in [0.15, 0.2) is 24.3 Å². The first-order chi connectivity index (χ1) is 12.5. The lowest BCUT2D eigenvalue weighted by Crippen LogP contribution is -2.47. The summed E-state index contributed by atoms with van der Waals surface area (Å²) in [5.74, 6) is -1.33. The maximum atomic E-state index is 13.6. The molecule has 0 spiro atoms. The third-order valence-electron chi connectivity index (χ3n) is 4.75. The monoisotopic (exact) mass is 368 g/mol. The molecule has 1 unspecified atom stereocenters. The number of methoxy groups -OCH3 is 2. The summed E-state index contributed by atoms with van der Waals surface area (Å²) < 4.78 is 31.1. The first kappa shape index (κ1) is 23.1. The van der Waals surface area contributed by atoms with Crippen LogP contribution in [0.4, 0.5) is 4.39 Å². The molecule has 4 heteroatoms. The molecule has 0 aliphatic carbocycles. The van der Waals surface area contributed by atoms with E-state index >= 15 is 0 Å². The first-order valence-electron chi connectivity index (χ1n) is 10.00. The Labute approximate surface area is 159 Å². The minimum atomic E-state index is -1.11. The van der Waals surface area contributed by atoms with Gasteiger partial charge in [0.1, 0.15) is 5.82 Å². The van der Waals surface area contributed by atoms with E-state index in [0.29, 0.717) is 6.42 Å². The zero-order valence-electron chi connectivity index (χ0n) is 17.2. The van der Waals surface area contributed by atoms with Crippen LogP contribution in [0.1, 0.15) is 71.3 Å². The Kier molecular flexibility index (Phi) is 11.0. The van der Waals surface area contributed by atoms with Crippen molar-refractivity contribution in [1.29, 1.82) is 0 Å². The molecule has 0 aliphatic rings. The van der Waals surface area contributed by atoms with Gasteiger partial charge in [-0.05, 0) is 44.4 Å². The van der Waals surface area contributed by atoms with Crippen molar-refractivity contribution >= 4 is 0 Å². The molecular weight excluding hydrogens is 331 g/mol. The van der Waals surface area contributed by atoms with Crippen LogP contribution in [0.2, 0.25) is 0 Å². The third kappa shape index (κ3) is 7.73. The number of unbranched alkanes of at least 4 members (excludes halogenated alkanes) is 5. The number of rotatable bonds is 14. The van der Waals surface area contributed by atoms with Crippen molar-refractivity contribution in [3.63, 3.8) is 0 Å². The van der Waals surface area contributed by atoms with Gasteiger partial charge in [0.15, 0.2) is 0 Å². The van der Waals surface area contributed by atoms with Crippen LogP contribution in [0.25, 0.3) is 0 Å². The largest absolute Gasteiger partial charge is 0.331 e. The zero-order valence-corrected chi connectivity index (χ0v) is 17.2. The highest BCUT2D eigenvalue weighted by Crippen LogP contribution is 2.33. The van der Waals surface area contributed by atoms with E-state index < -0.39 is 5.97 Å². The highest BCUT2D eigenvalue weighted by Gasteiger charge is 2.41. The van der Waals surface area contributed by atoms with Crippen molar-refractivity contribution in [2.24, 2.45) is 5.92 Å². The Balaban J connectivity index is 2.84. The summed E-state index contributed by atoms with van der Waals surface area (Å²) in [6.07, 6.45) is 8.88. The highest BCUT2D eigenvalue weighted by molar-refractivity contribution is 5.17. The van der Waals surface area contributed by atoms with Gasteiger partial charge in [-0.1, -0.05) is 57.6 Å². The maximum Gasteiger partial charge on any atom is 0.285 e. The molecular formula is C22H37FO3. The fraction of sp³-hybridized carbons (Fsp3) is 0.727. The lowest BCUT2D eigenvalue weighted by molar-refractivity contribution is -0.398. The van der Waals surface area contributed by atoms with Gasteiger partial charge in [-0.2, -0.15) is 0 Å². The van der Waals surface area contributed by atoms with Crippen molar-refractivity contribution in [1.82, 2.24) is 0 Å². The van der Waals surface area contributed by atoms with Crippen LogP contribution in [-0.4, -0.2) is 26.3 Å². The predicted molar refractivity (Wildman–Crippen MR) is 105 cm³/mol. The van der Waals surface area contributed by atoms with Gasteiger partial charge in [-0.3, -0.25) is 0 Å². The summed E-state index contributed by atoms with van der Waals surface area (Å²) in [5.41, 5.74) is 0.937. The third-order valence-corrected chi connectivity index (χ3v) is 4.75. The van der Waals surface area contributed by atoms with Gasteiger partial charge in [0, 0.05) is 20.1 Å². The average molecular weight is 369 g/mol. The molecule has 0 N–H and O–H groups in total. The summed E-state index contributed by atoms with van der Waals surface area (Å²) in [5, 5.41) is 0. The molecule has 150 valence electrons. The van der Waals surface area contributed by atoms with Crippen LogP contribution in [0.5, 0.6) is 0 Å². The van der Waals surface area contributed by atoms with E-state index in [2.05, 4.69) is 6.92 Å². The summed E-state index contributed by atoms with van der Waals surface area (Å²) in [4.78, 5) is 0. The molecule has 1 aromatic rings. The lowest BCUT2D eigenvalue weighted by Gasteiger charge is -2.39. The van der Waals surface area contributed by atoms with Gasteiger partial charge in [-0.25, -0.2) is 4.39 Å². The van der Waals surface area contributed by atoms with Crippen LogP contribution in [-0.2, 0) is 20.6 Å². The minimum absolute atomic E-state index is 0.00660. The van der Waals surface area contributed by atoms with E-state index in [9.17, 15) is 4.39 Å². The minimum Gasteiger partial charge on any atom is -0.331 e. The molecule has 1 atom stereocenters. The molecule has 0 aliphatic heterocycles. The van der Waals surface area contributed by atoms with Crippen molar-refractivity contribution in [2.75, 3.05) is 14.2 Å². The van der Waals surface area contributed by atoms with E-state index in [-0.39, 0.29) is 17.8 Å². The van der Waals surface area contributed by atoms with Crippen LogP contribution >= 0.6 is 0 Å². The molecule has 0 saturated carbocycles. The Bertz CT molecular complexity index is 486. The van der Waals surface area contributed by atoms with E-state index in [0.717, 1.165) is 18.4 Å². The van der Waals surface area contributed by atoms with Gasteiger partial charge < -0.3 is 14.2 Å². The Morgan fingerprint density at radius 2 is 1.65 bits per heavy atom. The molecule has 3 nitrogen and oxygen atoms in total. The van der Waals surface area contributed by atoms with Crippen molar-refractivity contribution in [2.45, 2.75) is 84.2 Å². The SMILES string of the molecule is CCCCCCCCC(Cc1cccc(F)c1)C(OC)(OC)OC(C)C. The number of halogens is 1. The Morgan fingerprint density at radius 1 is 1.00 bits per heavy atom. The summed E-state index contributed by atoms with van der Waals surface area (Å²) in [6.45, 7) is 6.16. The number of hydrogen-bond acceptors (Lipinski definition) is 3. The second-order valence-electron chi connectivity index (χ2n) is 7.27. The second-order valence-corrected chi connectivity index (χ2v) is 7.27. The molecule has 26 heavy (non-hydrogen) atoms. The van der Waals surface area contributed by atoms with Gasteiger partial charge in [0.2, 0.25) is 0 Å². The quantitative estimate of drug-likeness (QED) is 0.293. The fourth-order valence-corrected chi connectivity index (χ4v) is 3.46. The predicted octanol–water partition coefficient (Wildman–Crippen LogP) is 6.11. The second kappa shape index (κ2) is 12.4. The number of ether oxygens (including phenoxy) is 3. The summed E-state index contributed by atoms with van der Waals surface area (Å²) in [7, 11) is 3.23. The summed E-state index contributed by atoms with van der Waals surface area (Å²) >= 11 is 0. The summed E-state index contributed by atoms with van der Waals surface area (Å²) in [6, 6.07) is 6.75. The Morgan fingerprint density at radius 3 is 2.23 bits per heavy atom. The van der Waals surface area contributed by atoms with Crippen LogP contribution in [0.3, 0.4) is 0 Å². The van der Waals surface area contributed by atoms with Gasteiger partial charge in [0.05, 0.1) is 6.10 Å².